The van der Waals surface area contributed by atoms with Crippen LogP contribution in [-0.4, -0.2) is 37.6 Å². The Morgan fingerprint density at radius 3 is 2.86 bits per heavy atom. The lowest BCUT2D eigenvalue weighted by Crippen LogP contribution is -2.42. The molecule has 2 amide bonds. The van der Waals surface area contributed by atoms with Crippen LogP contribution in [0.2, 0.25) is 0 Å². The summed E-state index contributed by atoms with van der Waals surface area (Å²) in [4.78, 5) is 23.0. The highest BCUT2D eigenvalue weighted by molar-refractivity contribution is 5.90. The molecule has 0 aromatic heterocycles. The molecule has 118 valence electrons. The molecule has 2 aliphatic rings. The molecule has 22 heavy (non-hydrogen) atoms. The van der Waals surface area contributed by atoms with Crippen LogP contribution in [-0.2, 0) is 16.0 Å². The third-order valence-electron chi connectivity index (χ3n) is 3.84. The van der Waals surface area contributed by atoms with E-state index in [-0.39, 0.29) is 17.9 Å². The van der Waals surface area contributed by atoms with Crippen molar-refractivity contribution in [2.24, 2.45) is 0 Å². The van der Waals surface area contributed by atoms with Crippen LogP contribution in [0.4, 0.5) is 0 Å². The number of amides is 2. The van der Waals surface area contributed by atoms with Crippen LogP contribution in [0, 0.1) is 0 Å². The summed E-state index contributed by atoms with van der Waals surface area (Å²) >= 11 is 0. The Morgan fingerprint density at radius 1 is 1.27 bits per heavy atom. The van der Waals surface area contributed by atoms with Gasteiger partial charge in [0.15, 0.2) is 11.5 Å². The summed E-state index contributed by atoms with van der Waals surface area (Å²) in [6, 6.07) is 5.48. The quantitative estimate of drug-likeness (QED) is 0.862. The molecule has 1 fully saturated rings. The van der Waals surface area contributed by atoms with E-state index in [1.807, 2.05) is 18.2 Å². The van der Waals surface area contributed by atoms with Crippen LogP contribution >= 0.6 is 0 Å². The summed E-state index contributed by atoms with van der Waals surface area (Å²) in [5.41, 5.74) is 1.08. The summed E-state index contributed by atoms with van der Waals surface area (Å²) in [6.45, 7) is 1.87. The van der Waals surface area contributed by atoms with Gasteiger partial charge < -0.3 is 20.1 Å². The van der Waals surface area contributed by atoms with E-state index in [0.29, 0.717) is 39.0 Å². The van der Waals surface area contributed by atoms with Gasteiger partial charge in [-0.15, -0.1) is 0 Å². The summed E-state index contributed by atoms with van der Waals surface area (Å²) < 4.78 is 11.2. The number of fused-ring (bicyclic) bond motifs is 1. The van der Waals surface area contributed by atoms with Crippen LogP contribution in [0.3, 0.4) is 0 Å². The highest BCUT2D eigenvalue weighted by Crippen LogP contribution is 2.30. The molecule has 1 unspecified atom stereocenters. The maximum absolute atomic E-state index is 11.9. The molecule has 0 bridgehead atoms. The second-order valence-corrected chi connectivity index (χ2v) is 5.53. The highest BCUT2D eigenvalue weighted by atomic mass is 16.5. The number of carbonyl (C=O) groups is 2. The van der Waals surface area contributed by atoms with Crippen LogP contribution in [0.5, 0.6) is 11.5 Å². The minimum absolute atomic E-state index is 0.0527. The molecule has 2 aliphatic heterocycles. The SMILES string of the molecule is O=C1CCC(C(=O)NCCc2ccc3c(c2)OCCCO3)N1. The first-order valence-corrected chi connectivity index (χ1v) is 7.68. The lowest BCUT2D eigenvalue weighted by atomic mass is 10.1. The molecule has 6 heteroatoms. The van der Waals surface area contributed by atoms with E-state index in [2.05, 4.69) is 10.6 Å². The zero-order chi connectivity index (χ0) is 15.4. The van der Waals surface area contributed by atoms with Crippen LogP contribution < -0.4 is 20.1 Å². The fraction of sp³-hybridized carbons (Fsp3) is 0.500. The van der Waals surface area contributed by atoms with Gasteiger partial charge in [0.05, 0.1) is 13.2 Å². The average molecular weight is 304 g/mol. The first-order valence-electron chi connectivity index (χ1n) is 7.68. The van der Waals surface area contributed by atoms with Gasteiger partial charge in [0.1, 0.15) is 6.04 Å². The molecule has 0 radical (unpaired) electrons. The van der Waals surface area contributed by atoms with Gasteiger partial charge in [0.2, 0.25) is 11.8 Å². The van der Waals surface area contributed by atoms with E-state index in [1.165, 1.54) is 0 Å². The lowest BCUT2D eigenvalue weighted by molar-refractivity contribution is -0.125. The van der Waals surface area contributed by atoms with Gasteiger partial charge in [-0.1, -0.05) is 6.07 Å². The van der Waals surface area contributed by atoms with E-state index < -0.39 is 0 Å². The average Bonchev–Trinajstić information content (AvgIpc) is 2.82. The second-order valence-electron chi connectivity index (χ2n) is 5.53. The van der Waals surface area contributed by atoms with E-state index in [1.54, 1.807) is 0 Å². The molecule has 0 saturated carbocycles. The molecule has 1 aromatic carbocycles. The molecule has 1 aromatic rings. The predicted molar refractivity (Wildman–Crippen MR) is 79.9 cm³/mol. The van der Waals surface area contributed by atoms with Crippen molar-refractivity contribution in [3.05, 3.63) is 23.8 Å². The lowest BCUT2D eigenvalue weighted by Gasteiger charge is -2.12. The molecule has 2 N–H and O–H groups in total. The normalized spacial score (nSPS) is 20.2. The standard InChI is InChI=1S/C16H20N2O4/c19-15-5-3-12(18-15)16(20)17-7-6-11-2-4-13-14(10-11)22-9-1-8-21-13/h2,4,10,12H,1,3,5-9H2,(H,17,20)(H,18,19). The minimum Gasteiger partial charge on any atom is -0.490 e. The third kappa shape index (κ3) is 3.50. The van der Waals surface area contributed by atoms with Gasteiger partial charge in [-0.3, -0.25) is 9.59 Å². The Hall–Kier alpha value is -2.24. The largest absolute Gasteiger partial charge is 0.490 e. The van der Waals surface area contributed by atoms with Crippen molar-refractivity contribution < 1.29 is 19.1 Å². The van der Waals surface area contributed by atoms with Crippen molar-refractivity contribution in [3.63, 3.8) is 0 Å². The first kappa shape index (κ1) is 14.7. The molecule has 1 atom stereocenters. The van der Waals surface area contributed by atoms with Gasteiger partial charge in [0, 0.05) is 19.4 Å². The summed E-state index contributed by atoms with van der Waals surface area (Å²) in [5, 5.41) is 5.52. The molecule has 3 rings (SSSR count). The molecule has 0 spiro atoms. The van der Waals surface area contributed by atoms with E-state index in [9.17, 15) is 9.59 Å². The number of ether oxygens (including phenoxy) is 2. The van der Waals surface area contributed by atoms with Crippen molar-refractivity contribution in [3.8, 4) is 11.5 Å². The molecule has 1 saturated heterocycles. The fourth-order valence-corrected chi connectivity index (χ4v) is 2.63. The van der Waals surface area contributed by atoms with Crippen molar-refractivity contribution in [1.82, 2.24) is 10.6 Å². The maximum Gasteiger partial charge on any atom is 0.242 e. The second kappa shape index (κ2) is 6.68. The van der Waals surface area contributed by atoms with Crippen LogP contribution in [0.25, 0.3) is 0 Å². The molecular weight excluding hydrogens is 284 g/mol. The minimum atomic E-state index is -0.378. The van der Waals surface area contributed by atoms with E-state index in [4.69, 9.17) is 9.47 Å². The smallest absolute Gasteiger partial charge is 0.242 e. The van der Waals surface area contributed by atoms with Crippen molar-refractivity contribution in [2.45, 2.75) is 31.7 Å². The zero-order valence-corrected chi connectivity index (χ0v) is 12.4. The summed E-state index contributed by atoms with van der Waals surface area (Å²) in [7, 11) is 0. The van der Waals surface area contributed by atoms with Crippen molar-refractivity contribution >= 4 is 11.8 Å². The van der Waals surface area contributed by atoms with Gasteiger partial charge in [0.25, 0.3) is 0 Å². The number of benzene rings is 1. The first-order chi connectivity index (χ1) is 10.7. The van der Waals surface area contributed by atoms with Gasteiger partial charge in [-0.2, -0.15) is 0 Å². The molecular formula is C16H20N2O4. The van der Waals surface area contributed by atoms with Crippen LogP contribution in [0.1, 0.15) is 24.8 Å². The van der Waals surface area contributed by atoms with Crippen LogP contribution in [0.15, 0.2) is 18.2 Å². The van der Waals surface area contributed by atoms with Crippen molar-refractivity contribution in [2.75, 3.05) is 19.8 Å². The monoisotopic (exact) mass is 304 g/mol. The number of rotatable bonds is 4. The molecule has 2 heterocycles. The Labute approximate surface area is 129 Å². The Balaban J connectivity index is 1.50. The number of hydrogen-bond acceptors (Lipinski definition) is 4. The van der Waals surface area contributed by atoms with E-state index >= 15 is 0 Å². The van der Waals surface area contributed by atoms with Gasteiger partial charge in [-0.05, 0) is 30.5 Å². The van der Waals surface area contributed by atoms with Gasteiger partial charge >= 0.3 is 0 Å². The Kier molecular flexibility index (Phi) is 4.46. The Bertz CT molecular complexity index is 573. The molecule has 0 aliphatic carbocycles. The number of nitrogens with one attached hydrogen (secondary N) is 2. The number of carbonyl (C=O) groups excluding carboxylic acids is 2. The summed E-state index contributed by atoms with van der Waals surface area (Å²) in [5.74, 6) is 1.38. The number of hydrogen-bond donors (Lipinski definition) is 2. The Morgan fingerprint density at radius 2 is 2.09 bits per heavy atom. The maximum atomic E-state index is 11.9. The summed E-state index contributed by atoms with van der Waals surface area (Å²) in [6.07, 6.45) is 2.60. The van der Waals surface area contributed by atoms with E-state index in [0.717, 1.165) is 23.5 Å². The molecule has 6 nitrogen and oxygen atoms in total. The zero-order valence-electron chi connectivity index (χ0n) is 12.4. The third-order valence-corrected chi connectivity index (χ3v) is 3.84. The topological polar surface area (TPSA) is 76.7 Å². The van der Waals surface area contributed by atoms with Crippen molar-refractivity contribution in [1.29, 1.82) is 0 Å². The predicted octanol–water partition coefficient (Wildman–Crippen LogP) is 0.785. The van der Waals surface area contributed by atoms with Gasteiger partial charge in [-0.25, -0.2) is 0 Å². The fourth-order valence-electron chi connectivity index (χ4n) is 2.63. The highest BCUT2D eigenvalue weighted by Gasteiger charge is 2.26.